The lowest BCUT2D eigenvalue weighted by molar-refractivity contribution is -0.512. The molecule has 0 unspecified atom stereocenters. The van der Waals surface area contributed by atoms with Crippen molar-refractivity contribution in [3.05, 3.63) is 210 Å². The van der Waals surface area contributed by atoms with Gasteiger partial charge in [0.25, 0.3) is 0 Å². The van der Waals surface area contributed by atoms with Crippen LogP contribution in [0.4, 0.5) is 51.4 Å². The van der Waals surface area contributed by atoms with E-state index in [1.165, 1.54) is 50.0 Å². The van der Waals surface area contributed by atoms with Crippen LogP contribution in [0.25, 0.3) is 0 Å². The smallest absolute Gasteiger partial charge is 0.250 e. The molecule has 3 heterocycles. The lowest BCUT2D eigenvalue weighted by Gasteiger charge is -2.55. The minimum absolute atomic E-state index is 0.00271. The maximum absolute atomic E-state index is 2.76. The maximum Gasteiger partial charge on any atom is 0.250 e. The third-order valence-corrected chi connectivity index (χ3v) is 14.6. The zero-order chi connectivity index (χ0) is 48.0. The van der Waals surface area contributed by atoms with E-state index in [9.17, 15) is 0 Å². The SMILES string of the molecule is CC(C)(C)c1ccc(N2c3ccc(C(C)(C)C)cc3[B-]3(c4ccccc4)c4cc(C(C)(C)C)ccc4N(c4ccc(C(C)(C)C)cc4)c4cc(N(c5ccccc5)c5ccccc5)cc2[n+]43)cc1. The number of hydrogen-bond donors (Lipinski definition) is 0. The van der Waals surface area contributed by atoms with Crippen LogP contribution >= 0.6 is 0 Å². The molecule has 1 aromatic heterocycles. The molecule has 0 saturated carbocycles. The topological polar surface area (TPSA) is 13.6 Å². The van der Waals surface area contributed by atoms with Crippen LogP contribution < -0.4 is 35.6 Å². The van der Waals surface area contributed by atoms with Crippen LogP contribution in [-0.4, -0.2) is 6.28 Å². The predicted octanol–water partition coefficient (Wildman–Crippen LogP) is 14.7. The summed E-state index contributed by atoms with van der Waals surface area (Å²) in [6.45, 7) is 27.9. The quantitative estimate of drug-likeness (QED) is 0.155. The first kappa shape index (κ1) is 45.0. The summed E-state index contributed by atoms with van der Waals surface area (Å²) in [7, 11) is 0. The van der Waals surface area contributed by atoms with Crippen molar-refractivity contribution < 1.29 is 4.48 Å². The highest BCUT2D eigenvalue weighted by Crippen LogP contribution is 2.48. The highest BCUT2D eigenvalue weighted by Gasteiger charge is 2.53. The van der Waals surface area contributed by atoms with Crippen molar-refractivity contribution in [2.45, 2.75) is 105 Å². The molecule has 0 spiro atoms. The van der Waals surface area contributed by atoms with Crippen molar-refractivity contribution in [1.82, 2.24) is 0 Å². The Morgan fingerprint density at radius 1 is 0.353 bits per heavy atom. The molecule has 2 aliphatic heterocycles. The van der Waals surface area contributed by atoms with Crippen molar-refractivity contribution in [3.8, 4) is 0 Å². The molecule has 0 bridgehead atoms. The number of hydrogen-bond acceptors (Lipinski definition) is 3. The number of benzene rings is 7. The first-order valence-electron chi connectivity index (χ1n) is 24.6. The number of rotatable bonds is 6. The Kier molecular flexibility index (Phi) is 10.7. The highest BCUT2D eigenvalue weighted by molar-refractivity contribution is 7.07. The molecule has 8 aromatic rings. The standard InChI is InChI=1S/C63H67BN4/c1-60(2,3)44-28-34-51(35-29-44)66-56-38-32-46(62(7,8)9)40-54(56)64(48-22-16-13-17-23-48)55-41-47(63(10,11)12)33-39-57(55)67(52-36-30-45(31-37-52)61(4,5)6)59-43-53(42-58(66)68(59)64)65(49-24-18-14-19-25-49)50-26-20-15-21-27-50/h13-43H,1-12H3. The van der Waals surface area contributed by atoms with Gasteiger partial charge < -0.3 is 9.38 Å². The average Bonchev–Trinajstić information content (AvgIpc) is 3.31. The molecule has 4 nitrogen and oxygen atoms in total. The Morgan fingerprint density at radius 2 is 0.691 bits per heavy atom. The summed E-state index contributed by atoms with van der Waals surface area (Å²) in [5.41, 5.74) is 16.8. The fourth-order valence-electron chi connectivity index (χ4n) is 10.8. The van der Waals surface area contributed by atoms with Crippen LogP contribution in [0.5, 0.6) is 0 Å². The largest absolute Gasteiger partial charge is 0.410 e. The Bertz CT molecular complexity index is 2940. The molecule has 10 rings (SSSR count). The van der Waals surface area contributed by atoms with Crippen molar-refractivity contribution >= 4 is 74.1 Å². The van der Waals surface area contributed by atoms with Gasteiger partial charge in [0.15, 0.2) is 11.6 Å². The van der Waals surface area contributed by atoms with Crippen LogP contribution in [0.3, 0.4) is 0 Å². The predicted molar refractivity (Wildman–Crippen MR) is 292 cm³/mol. The van der Waals surface area contributed by atoms with Gasteiger partial charge in [-0.2, -0.15) is 5.46 Å². The second-order valence-electron chi connectivity index (χ2n) is 23.3. The number of fused-ring (bicyclic) bond motifs is 4. The fraction of sp³-hybridized carbons (Fsp3) is 0.254. The number of para-hydroxylation sites is 2. The summed E-state index contributed by atoms with van der Waals surface area (Å²) in [6, 6.07) is 71.4. The van der Waals surface area contributed by atoms with Crippen molar-refractivity contribution in [2.24, 2.45) is 0 Å². The first-order valence-corrected chi connectivity index (χ1v) is 24.6. The fourth-order valence-corrected chi connectivity index (χ4v) is 10.8. The second kappa shape index (κ2) is 16.2. The Hall–Kier alpha value is -6.85. The zero-order valence-electron chi connectivity index (χ0n) is 42.3. The minimum atomic E-state index is -1.93. The molecular formula is C63H67BN4. The van der Waals surface area contributed by atoms with Gasteiger partial charge in [-0.3, -0.25) is 0 Å². The summed E-state index contributed by atoms with van der Waals surface area (Å²) in [5, 5.41) is 0. The molecule has 0 fully saturated rings. The van der Waals surface area contributed by atoms with E-state index in [0.29, 0.717) is 0 Å². The Balaban J connectivity index is 1.43. The van der Waals surface area contributed by atoms with Crippen LogP contribution in [0, 0.1) is 0 Å². The van der Waals surface area contributed by atoms with Crippen LogP contribution in [-0.2, 0) is 21.7 Å². The Morgan fingerprint density at radius 3 is 1.04 bits per heavy atom. The second-order valence-corrected chi connectivity index (χ2v) is 23.3. The Labute approximate surface area is 406 Å². The van der Waals surface area contributed by atoms with Crippen LogP contribution in [0.15, 0.2) is 188 Å². The molecule has 68 heavy (non-hydrogen) atoms. The molecule has 342 valence electrons. The molecule has 5 heteroatoms. The van der Waals surface area contributed by atoms with Gasteiger partial charge in [0.05, 0.1) is 17.1 Å². The van der Waals surface area contributed by atoms with E-state index in [1.807, 2.05) is 0 Å². The van der Waals surface area contributed by atoms with E-state index >= 15 is 0 Å². The van der Waals surface area contributed by atoms with Crippen molar-refractivity contribution in [2.75, 3.05) is 14.7 Å². The van der Waals surface area contributed by atoms with Gasteiger partial charge >= 0.3 is 0 Å². The van der Waals surface area contributed by atoms with E-state index in [2.05, 4.69) is 290 Å². The summed E-state index contributed by atoms with van der Waals surface area (Å²) in [5.74, 6) is 2.20. The molecule has 0 atom stereocenters. The third-order valence-electron chi connectivity index (χ3n) is 14.6. The maximum atomic E-state index is 2.76. The molecule has 2 aliphatic rings. The van der Waals surface area contributed by atoms with Crippen LogP contribution in [0.1, 0.15) is 105 Å². The molecule has 0 N–H and O–H groups in total. The van der Waals surface area contributed by atoms with E-state index in [0.717, 1.165) is 40.1 Å². The number of aromatic nitrogens is 1. The van der Waals surface area contributed by atoms with E-state index in [-0.39, 0.29) is 21.7 Å². The van der Waals surface area contributed by atoms with E-state index < -0.39 is 6.28 Å². The third kappa shape index (κ3) is 7.52. The van der Waals surface area contributed by atoms with E-state index in [1.54, 1.807) is 0 Å². The van der Waals surface area contributed by atoms with Crippen molar-refractivity contribution in [1.29, 1.82) is 0 Å². The minimum Gasteiger partial charge on any atom is -0.410 e. The lowest BCUT2D eigenvalue weighted by atomic mass is 9.22. The highest BCUT2D eigenvalue weighted by atomic mass is 15.3. The average molecular weight is 891 g/mol. The van der Waals surface area contributed by atoms with Gasteiger partial charge in [-0.1, -0.05) is 198 Å². The molecule has 7 aromatic carbocycles. The monoisotopic (exact) mass is 891 g/mol. The normalized spacial score (nSPS) is 14.2. The summed E-state index contributed by atoms with van der Waals surface area (Å²) in [4.78, 5) is 7.53. The van der Waals surface area contributed by atoms with Gasteiger partial charge in [-0.05, 0) is 105 Å². The van der Waals surface area contributed by atoms with Gasteiger partial charge in [-0.15, -0.1) is 10.9 Å². The molecule has 0 saturated heterocycles. The summed E-state index contributed by atoms with van der Waals surface area (Å²) < 4.78 is 2.76. The number of anilines is 9. The zero-order valence-corrected chi connectivity index (χ0v) is 42.3. The van der Waals surface area contributed by atoms with Gasteiger partial charge in [0.2, 0.25) is 6.28 Å². The number of nitrogens with zero attached hydrogens (tertiary/aromatic N) is 4. The molecule has 0 radical (unpaired) electrons. The molecule has 0 aliphatic carbocycles. The van der Waals surface area contributed by atoms with Gasteiger partial charge in [0.1, 0.15) is 11.4 Å². The lowest BCUT2D eigenvalue weighted by Crippen LogP contribution is -2.89. The molecule has 0 amide bonds. The van der Waals surface area contributed by atoms with Gasteiger partial charge in [-0.25, -0.2) is 9.80 Å². The summed E-state index contributed by atoms with van der Waals surface area (Å²) in [6.07, 6.45) is -1.93. The van der Waals surface area contributed by atoms with Crippen LogP contribution in [0.2, 0.25) is 0 Å². The first-order chi connectivity index (χ1) is 32.3. The van der Waals surface area contributed by atoms with Gasteiger partial charge in [0, 0.05) is 23.5 Å². The molecular weight excluding hydrogens is 824 g/mol. The summed E-state index contributed by atoms with van der Waals surface area (Å²) >= 11 is 0. The van der Waals surface area contributed by atoms with Crippen molar-refractivity contribution in [3.63, 3.8) is 0 Å². The van der Waals surface area contributed by atoms with E-state index in [4.69, 9.17) is 0 Å². The number of pyridine rings is 1.